The van der Waals surface area contributed by atoms with Gasteiger partial charge in [-0.1, -0.05) is 18.2 Å². The molecule has 2 aromatic carbocycles. The van der Waals surface area contributed by atoms with Crippen molar-refractivity contribution in [3.63, 3.8) is 0 Å². The van der Waals surface area contributed by atoms with Crippen LogP contribution in [0.15, 0.2) is 30.3 Å². The van der Waals surface area contributed by atoms with Crippen molar-refractivity contribution in [3.8, 4) is 5.75 Å². The van der Waals surface area contributed by atoms with Gasteiger partial charge in [0.2, 0.25) is 6.10 Å². The first kappa shape index (κ1) is 16.3. The van der Waals surface area contributed by atoms with Gasteiger partial charge in [-0.3, -0.25) is 4.79 Å². The molecule has 1 aliphatic heterocycles. The van der Waals surface area contributed by atoms with Crippen LogP contribution in [0.3, 0.4) is 0 Å². The number of nitrogens with two attached hydrogens (primary N) is 1. The number of epoxide rings is 1. The van der Waals surface area contributed by atoms with Crippen LogP contribution in [0.2, 0.25) is 0 Å². The largest absolute Gasteiger partial charge is 0.497 e. The number of benzene rings is 2. The molecule has 6 heteroatoms. The minimum atomic E-state index is -1.13. The number of fused-ring (bicyclic) bond motifs is 1. The molecule has 1 aliphatic rings. The highest BCUT2D eigenvalue weighted by Gasteiger charge is 2.52. The highest BCUT2D eigenvalue weighted by Crippen LogP contribution is 2.34. The smallest absolute Gasteiger partial charge is 0.339 e. The molecule has 6 nitrogen and oxygen atoms in total. The Morgan fingerprint density at radius 3 is 2.58 bits per heavy atom. The predicted octanol–water partition coefficient (Wildman–Crippen LogP) is 1.96. The normalized spacial score (nSPS) is 20.5. The summed E-state index contributed by atoms with van der Waals surface area (Å²) in [5.74, 6) is -0.829. The van der Waals surface area contributed by atoms with E-state index in [9.17, 15) is 9.59 Å². The van der Waals surface area contributed by atoms with Gasteiger partial charge in [0, 0.05) is 0 Å². The number of hydrogen-bond acceptors (Lipinski definition) is 5. The molecule has 0 spiro atoms. The summed E-state index contributed by atoms with van der Waals surface area (Å²) in [4.78, 5) is 24.3. The average molecular weight is 329 g/mol. The summed E-state index contributed by atoms with van der Waals surface area (Å²) >= 11 is 0. The number of methoxy groups -OCH3 is 1. The van der Waals surface area contributed by atoms with Crippen molar-refractivity contribution in [1.82, 2.24) is 0 Å². The van der Waals surface area contributed by atoms with Gasteiger partial charge in [0.15, 0.2) is 0 Å². The van der Waals surface area contributed by atoms with E-state index >= 15 is 0 Å². The van der Waals surface area contributed by atoms with Gasteiger partial charge in [-0.05, 0) is 42.3 Å². The van der Waals surface area contributed by atoms with Crippen LogP contribution in [0, 0.1) is 6.92 Å². The lowest BCUT2D eigenvalue weighted by molar-refractivity contribution is -0.129. The molecular weight excluding hydrogens is 310 g/mol. The van der Waals surface area contributed by atoms with Crippen molar-refractivity contribution in [3.05, 3.63) is 41.5 Å². The Morgan fingerprint density at radius 1 is 1.29 bits per heavy atom. The van der Waals surface area contributed by atoms with E-state index < -0.39 is 23.6 Å². The van der Waals surface area contributed by atoms with Gasteiger partial charge in [-0.2, -0.15) is 0 Å². The van der Waals surface area contributed by atoms with E-state index in [0.717, 1.165) is 16.3 Å². The van der Waals surface area contributed by atoms with Crippen molar-refractivity contribution in [1.29, 1.82) is 0 Å². The number of aryl methyl sites for hydroxylation is 1. The maximum Gasteiger partial charge on any atom is 0.339 e. The molecule has 1 amide bonds. The van der Waals surface area contributed by atoms with Crippen LogP contribution < -0.4 is 10.5 Å². The van der Waals surface area contributed by atoms with Crippen molar-refractivity contribution in [2.75, 3.05) is 13.7 Å². The third-order valence-electron chi connectivity index (χ3n) is 4.28. The summed E-state index contributed by atoms with van der Waals surface area (Å²) in [5, 5.41) is 1.61. The Kier molecular flexibility index (Phi) is 3.93. The second kappa shape index (κ2) is 5.79. The molecule has 0 aromatic heterocycles. The number of carbonyl (C=O) groups excluding carboxylic acids is 2. The molecule has 1 unspecified atom stereocenters. The molecule has 0 aliphatic carbocycles. The van der Waals surface area contributed by atoms with E-state index in [-0.39, 0.29) is 0 Å². The van der Waals surface area contributed by atoms with Gasteiger partial charge in [0.1, 0.15) is 11.4 Å². The monoisotopic (exact) mass is 329 g/mol. The van der Waals surface area contributed by atoms with Crippen LogP contribution >= 0.6 is 0 Å². The molecule has 0 radical (unpaired) electrons. The second-order valence-corrected chi connectivity index (χ2v) is 6.13. The van der Waals surface area contributed by atoms with Crippen molar-refractivity contribution >= 4 is 22.6 Å². The minimum Gasteiger partial charge on any atom is -0.497 e. The van der Waals surface area contributed by atoms with Crippen LogP contribution in [0.25, 0.3) is 10.8 Å². The lowest BCUT2D eigenvalue weighted by Crippen LogP contribution is -2.43. The van der Waals surface area contributed by atoms with Gasteiger partial charge < -0.3 is 19.9 Å². The van der Waals surface area contributed by atoms with E-state index in [2.05, 4.69) is 0 Å². The van der Waals surface area contributed by atoms with E-state index in [1.54, 1.807) is 13.0 Å². The third kappa shape index (κ3) is 2.80. The zero-order valence-corrected chi connectivity index (χ0v) is 13.8. The van der Waals surface area contributed by atoms with E-state index in [4.69, 9.17) is 19.9 Å². The minimum absolute atomic E-state index is 0.323. The number of ether oxygens (including phenoxy) is 3. The molecule has 1 heterocycles. The summed E-state index contributed by atoms with van der Waals surface area (Å²) in [7, 11) is 1.53. The Labute approximate surface area is 139 Å². The topological polar surface area (TPSA) is 91.2 Å². The van der Waals surface area contributed by atoms with Gasteiger partial charge in [0.05, 0.1) is 19.3 Å². The molecule has 2 N–H and O–H groups in total. The number of carbonyl (C=O) groups is 2. The van der Waals surface area contributed by atoms with E-state index in [1.807, 2.05) is 31.2 Å². The van der Waals surface area contributed by atoms with Crippen LogP contribution in [0.4, 0.5) is 0 Å². The van der Waals surface area contributed by atoms with E-state index in [0.29, 0.717) is 17.9 Å². The molecule has 0 bridgehead atoms. The Bertz CT molecular complexity index is 826. The summed E-state index contributed by atoms with van der Waals surface area (Å²) in [5.41, 5.74) is 5.85. The number of esters is 1. The fraction of sp³-hybridized carbons (Fsp3) is 0.333. The predicted molar refractivity (Wildman–Crippen MR) is 88.0 cm³/mol. The molecule has 2 aromatic rings. The number of hydrogen-bond donors (Lipinski definition) is 1. The molecule has 2 atom stereocenters. The number of primary amides is 1. The summed E-state index contributed by atoms with van der Waals surface area (Å²) in [6.07, 6.45) is -1.13. The second-order valence-electron chi connectivity index (χ2n) is 6.13. The SMILES string of the molecule is COc1cc(C(=O)O[C@@H](C(N)=O)C2(C)CO2)c2cccc(C)c2c1. The Morgan fingerprint density at radius 2 is 2.00 bits per heavy atom. The highest BCUT2D eigenvalue weighted by atomic mass is 16.6. The van der Waals surface area contributed by atoms with Crippen molar-refractivity contribution in [2.45, 2.75) is 25.6 Å². The maximum absolute atomic E-state index is 12.7. The molecule has 0 saturated carbocycles. The van der Waals surface area contributed by atoms with Crippen LogP contribution in [0.5, 0.6) is 5.75 Å². The highest BCUT2D eigenvalue weighted by molar-refractivity contribution is 6.06. The van der Waals surface area contributed by atoms with Crippen molar-refractivity contribution in [2.24, 2.45) is 5.73 Å². The molecule has 1 fully saturated rings. The first-order chi connectivity index (χ1) is 11.4. The fourth-order valence-electron chi connectivity index (χ4n) is 2.72. The van der Waals surface area contributed by atoms with Crippen molar-refractivity contribution < 1.29 is 23.8 Å². The zero-order valence-electron chi connectivity index (χ0n) is 13.8. The lowest BCUT2D eigenvalue weighted by atomic mass is 10.00. The van der Waals surface area contributed by atoms with Gasteiger partial charge in [-0.15, -0.1) is 0 Å². The average Bonchev–Trinajstić information content (AvgIpc) is 3.30. The summed E-state index contributed by atoms with van der Waals surface area (Å²) in [6, 6.07) is 9.09. The van der Waals surface area contributed by atoms with Crippen LogP contribution in [-0.2, 0) is 14.3 Å². The van der Waals surface area contributed by atoms with Crippen LogP contribution in [-0.4, -0.2) is 37.3 Å². The molecule has 24 heavy (non-hydrogen) atoms. The maximum atomic E-state index is 12.7. The van der Waals surface area contributed by atoms with E-state index in [1.165, 1.54) is 7.11 Å². The number of amides is 1. The summed E-state index contributed by atoms with van der Waals surface area (Å²) < 4.78 is 15.9. The standard InChI is InChI=1S/C18H19NO5/c1-10-5-4-6-12-13(10)7-11(22-3)8-14(12)17(21)24-15(16(19)20)18(2)9-23-18/h4-8,15H,9H2,1-3H3,(H2,19,20)/t15-,18?/m0/s1. The molecule has 1 saturated heterocycles. The molecular formula is C18H19NO5. The quantitative estimate of drug-likeness (QED) is 0.669. The van der Waals surface area contributed by atoms with Gasteiger partial charge in [0.25, 0.3) is 5.91 Å². The Hall–Kier alpha value is -2.60. The molecule has 3 rings (SSSR count). The number of rotatable bonds is 5. The first-order valence-electron chi connectivity index (χ1n) is 7.57. The van der Waals surface area contributed by atoms with Gasteiger partial charge >= 0.3 is 5.97 Å². The lowest BCUT2D eigenvalue weighted by Gasteiger charge is -2.19. The Balaban J connectivity index is 2.03. The van der Waals surface area contributed by atoms with Crippen LogP contribution in [0.1, 0.15) is 22.8 Å². The first-order valence-corrected chi connectivity index (χ1v) is 7.57. The van der Waals surface area contributed by atoms with Gasteiger partial charge in [-0.25, -0.2) is 4.79 Å². The zero-order chi connectivity index (χ0) is 17.5. The summed E-state index contributed by atoms with van der Waals surface area (Å²) in [6.45, 7) is 3.96. The fourth-order valence-corrected chi connectivity index (χ4v) is 2.72. The molecule has 126 valence electrons. The third-order valence-corrected chi connectivity index (χ3v) is 4.28.